The number of hydrogen-bond donors (Lipinski definition) is 2. The van der Waals surface area contributed by atoms with E-state index in [-0.39, 0.29) is 12.8 Å². The van der Waals surface area contributed by atoms with E-state index in [4.69, 9.17) is 14.2 Å². The number of ether oxygens (including phenoxy) is 3. The van der Waals surface area contributed by atoms with Gasteiger partial charge in [-0.25, -0.2) is 4.79 Å². The number of carbonyl (C=O) groups excluding carboxylic acids is 1. The molecule has 1 rings (SSSR count). The van der Waals surface area contributed by atoms with Crippen LogP contribution in [-0.2, 0) is 4.74 Å². The first kappa shape index (κ1) is 17.1. The summed E-state index contributed by atoms with van der Waals surface area (Å²) in [6.45, 7) is 6.41. The van der Waals surface area contributed by atoms with Gasteiger partial charge < -0.3 is 24.8 Å². The van der Waals surface area contributed by atoms with Crippen LogP contribution in [0.1, 0.15) is 20.3 Å². The molecule has 0 fully saturated rings. The van der Waals surface area contributed by atoms with E-state index >= 15 is 0 Å². The maximum Gasteiger partial charge on any atom is 0.317 e. The zero-order valence-corrected chi connectivity index (χ0v) is 12.7. The Hall–Kier alpha value is -1.95. The first-order chi connectivity index (χ1) is 10.3. The van der Waals surface area contributed by atoms with Crippen LogP contribution in [0.2, 0.25) is 0 Å². The maximum absolute atomic E-state index is 11.5. The molecule has 0 unspecified atom stereocenters. The normalized spacial score (nSPS) is 10.0. The topological polar surface area (TPSA) is 68.8 Å². The summed E-state index contributed by atoms with van der Waals surface area (Å²) >= 11 is 0. The summed E-state index contributed by atoms with van der Waals surface area (Å²) < 4.78 is 16.1. The van der Waals surface area contributed by atoms with Crippen LogP contribution in [0.4, 0.5) is 4.79 Å². The Morgan fingerprint density at radius 3 is 2.43 bits per heavy atom. The Balaban J connectivity index is 2.19. The van der Waals surface area contributed by atoms with Crippen molar-refractivity contribution in [2.45, 2.75) is 20.3 Å². The minimum atomic E-state index is -0.264. The van der Waals surface area contributed by atoms with Crippen LogP contribution in [-0.4, -0.2) is 39.1 Å². The number of rotatable bonds is 10. The number of para-hydroxylation sites is 2. The summed E-state index contributed by atoms with van der Waals surface area (Å²) in [7, 11) is 0. The molecule has 0 aromatic heterocycles. The number of carbonyl (C=O) groups is 1. The van der Waals surface area contributed by atoms with Gasteiger partial charge in [0, 0.05) is 19.8 Å². The standard InChI is InChI=1S/C15H24N2O4/c1-3-19-11-7-10-16-15(18)17-12-21-14-9-6-5-8-13(14)20-4-2/h5-6,8-9H,3-4,7,10-12H2,1-2H3,(H2,16,17,18). The molecular formula is C15H24N2O4. The molecule has 6 heteroatoms. The lowest BCUT2D eigenvalue weighted by molar-refractivity contribution is 0.145. The second kappa shape index (κ2) is 10.8. The summed E-state index contributed by atoms with van der Waals surface area (Å²) in [5.41, 5.74) is 0. The first-order valence-corrected chi connectivity index (χ1v) is 7.22. The fourth-order valence-corrected chi connectivity index (χ4v) is 1.61. The summed E-state index contributed by atoms with van der Waals surface area (Å²) in [6, 6.07) is 7.09. The molecule has 2 amide bonds. The van der Waals surface area contributed by atoms with E-state index in [1.165, 1.54) is 0 Å². The Labute approximate surface area is 125 Å². The van der Waals surface area contributed by atoms with Crippen LogP contribution in [0.25, 0.3) is 0 Å². The smallest absolute Gasteiger partial charge is 0.317 e. The van der Waals surface area contributed by atoms with Crippen LogP contribution >= 0.6 is 0 Å². The highest BCUT2D eigenvalue weighted by molar-refractivity contribution is 5.73. The van der Waals surface area contributed by atoms with Crippen molar-refractivity contribution in [1.82, 2.24) is 10.6 Å². The molecule has 1 aromatic carbocycles. The van der Waals surface area contributed by atoms with Crippen molar-refractivity contribution < 1.29 is 19.0 Å². The highest BCUT2D eigenvalue weighted by Gasteiger charge is 2.04. The molecule has 6 nitrogen and oxygen atoms in total. The van der Waals surface area contributed by atoms with Gasteiger partial charge in [0.1, 0.15) is 0 Å². The molecule has 0 radical (unpaired) electrons. The van der Waals surface area contributed by atoms with Crippen molar-refractivity contribution in [2.24, 2.45) is 0 Å². The fourth-order valence-electron chi connectivity index (χ4n) is 1.61. The summed E-state index contributed by atoms with van der Waals surface area (Å²) in [4.78, 5) is 11.5. The van der Waals surface area contributed by atoms with E-state index in [2.05, 4.69) is 10.6 Å². The number of hydrogen-bond acceptors (Lipinski definition) is 4. The molecular weight excluding hydrogens is 272 g/mol. The molecule has 0 bridgehead atoms. The van der Waals surface area contributed by atoms with Crippen molar-refractivity contribution in [3.8, 4) is 11.5 Å². The highest BCUT2D eigenvalue weighted by Crippen LogP contribution is 2.25. The van der Waals surface area contributed by atoms with Gasteiger partial charge >= 0.3 is 6.03 Å². The molecule has 0 aliphatic heterocycles. The zero-order valence-electron chi connectivity index (χ0n) is 12.7. The van der Waals surface area contributed by atoms with Gasteiger partial charge in [-0.1, -0.05) is 12.1 Å². The van der Waals surface area contributed by atoms with Gasteiger partial charge in [0.15, 0.2) is 18.2 Å². The van der Waals surface area contributed by atoms with E-state index in [1.54, 1.807) is 6.07 Å². The monoisotopic (exact) mass is 296 g/mol. The van der Waals surface area contributed by atoms with Gasteiger partial charge in [-0.2, -0.15) is 0 Å². The summed E-state index contributed by atoms with van der Waals surface area (Å²) in [6.07, 6.45) is 0.787. The van der Waals surface area contributed by atoms with Crippen molar-refractivity contribution in [2.75, 3.05) is 33.1 Å². The summed E-state index contributed by atoms with van der Waals surface area (Å²) in [5.74, 6) is 1.27. The molecule has 0 saturated carbocycles. The van der Waals surface area contributed by atoms with Crippen LogP contribution in [0.3, 0.4) is 0 Å². The second-order valence-corrected chi connectivity index (χ2v) is 4.15. The van der Waals surface area contributed by atoms with Gasteiger partial charge in [0.25, 0.3) is 0 Å². The van der Waals surface area contributed by atoms with Crippen LogP contribution in [0.5, 0.6) is 11.5 Å². The van der Waals surface area contributed by atoms with Gasteiger partial charge in [-0.15, -0.1) is 0 Å². The minimum absolute atomic E-state index is 0.0847. The quantitative estimate of drug-likeness (QED) is 0.513. The van der Waals surface area contributed by atoms with Gasteiger partial charge in [-0.3, -0.25) is 0 Å². The van der Waals surface area contributed by atoms with E-state index < -0.39 is 0 Å². The van der Waals surface area contributed by atoms with E-state index in [9.17, 15) is 4.79 Å². The van der Waals surface area contributed by atoms with Gasteiger partial charge in [0.05, 0.1) is 6.61 Å². The van der Waals surface area contributed by atoms with Crippen LogP contribution < -0.4 is 20.1 Å². The highest BCUT2D eigenvalue weighted by atomic mass is 16.5. The third kappa shape index (κ3) is 7.41. The van der Waals surface area contributed by atoms with Crippen molar-refractivity contribution in [1.29, 1.82) is 0 Å². The van der Waals surface area contributed by atoms with Crippen molar-refractivity contribution in [3.63, 3.8) is 0 Å². The second-order valence-electron chi connectivity index (χ2n) is 4.15. The SMILES string of the molecule is CCOCCCNC(=O)NCOc1ccccc1OCC. The predicted molar refractivity (Wildman–Crippen MR) is 80.8 cm³/mol. The molecule has 2 N–H and O–H groups in total. The molecule has 1 aromatic rings. The number of nitrogens with one attached hydrogen (secondary N) is 2. The lowest BCUT2D eigenvalue weighted by atomic mass is 10.3. The molecule has 0 aliphatic rings. The molecule has 0 atom stereocenters. The molecule has 0 aliphatic carbocycles. The molecule has 0 saturated heterocycles. The third-order valence-corrected chi connectivity index (χ3v) is 2.56. The maximum atomic E-state index is 11.5. The van der Waals surface area contributed by atoms with E-state index in [0.717, 1.165) is 6.42 Å². The Morgan fingerprint density at radius 2 is 1.76 bits per heavy atom. The number of amides is 2. The van der Waals surface area contributed by atoms with E-state index in [0.29, 0.717) is 37.9 Å². The lowest BCUT2D eigenvalue weighted by Gasteiger charge is -2.12. The zero-order chi connectivity index (χ0) is 15.3. The lowest BCUT2D eigenvalue weighted by Crippen LogP contribution is -2.38. The average Bonchev–Trinajstić information content (AvgIpc) is 2.49. The first-order valence-electron chi connectivity index (χ1n) is 7.22. The Kier molecular flexibility index (Phi) is 8.79. The molecule has 21 heavy (non-hydrogen) atoms. The Morgan fingerprint density at radius 1 is 1.05 bits per heavy atom. The van der Waals surface area contributed by atoms with Crippen LogP contribution in [0, 0.1) is 0 Å². The molecule has 0 spiro atoms. The third-order valence-electron chi connectivity index (χ3n) is 2.56. The number of benzene rings is 1. The molecule has 0 heterocycles. The minimum Gasteiger partial charge on any atom is -0.490 e. The Bertz CT molecular complexity index is 412. The molecule has 118 valence electrons. The van der Waals surface area contributed by atoms with Crippen molar-refractivity contribution in [3.05, 3.63) is 24.3 Å². The largest absolute Gasteiger partial charge is 0.490 e. The van der Waals surface area contributed by atoms with Gasteiger partial charge in [-0.05, 0) is 32.4 Å². The van der Waals surface area contributed by atoms with Crippen LogP contribution in [0.15, 0.2) is 24.3 Å². The average molecular weight is 296 g/mol. The summed E-state index contributed by atoms with van der Waals surface area (Å²) in [5, 5.41) is 5.35. The predicted octanol–water partition coefficient (Wildman–Crippen LogP) is 2.15. The van der Waals surface area contributed by atoms with E-state index in [1.807, 2.05) is 32.0 Å². The number of urea groups is 1. The fraction of sp³-hybridized carbons (Fsp3) is 0.533. The van der Waals surface area contributed by atoms with Gasteiger partial charge in [0.2, 0.25) is 0 Å². The van der Waals surface area contributed by atoms with Crippen molar-refractivity contribution >= 4 is 6.03 Å².